The van der Waals surface area contributed by atoms with E-state index in [1.54, 1.807) is 30.3 Å². The van der Waals surface area contributed by atoms with E-state index >= 15 is 0 Å². The Balaban J connectivity index is 0.000000198. The van der Waals surface area contributed by atoms with E-state index in [0.717, 1.165) is 63.5 Å². The lowest BCUT2D eigenvalue weighted by Crippen LogP contribution is -2.27. The Hall–Kier alpha value is -2.95. The Labute approximate surface area is 352 Å². The molecule has 7 rings (SSSR count). The number of nitrogens with one attached hydrogen (secondary N) is 1. The molecule has 0 aromatic heterocycles. The van der Waals surface area contributed by atoms with Gasteiger partial charge < -0.3 is 5.32 Å². The van der Waals surface area contributed by atoms with Crippen molar-refractivity contribution in [1.82, 2.24) is 15.1 Å². The van der Waals surface area contributed by atoms with Crippen LogP contribution in [-0.2, 0) is 27.4 Å². The van der Waals surface area contributed by atoms with Crippen LogP contribution in [0.4, 0.5) is 0 Å². The normalized spacial score (nSPS) is 20.2. The summed E-state index contributed by atoms with van der Waals surface area (Å²) in [4.78, 5) is 5.05. The largest absolute Gasteiger partial charge is 0.317 e. The average Bonchev–Trinajstić information content (AvgIpc) is 3.80. The summed E-state index contributed by atoms with van der Waals surface area (Å²) in [6.45, 7) is 11.7. The molecule has 0 radical (unpaired) electrons. The van der Waals surface area contributed by atoms with Crippen LogP contribution in [0.1, 0.15) is 46.6 Å². The molecule has 0 unspecified atom stereocenters. The van der Waals surface area contributed by atoms with E-state index in [0.29, 0.717) is 31.9 Å². The highest BCUT2D eigenvalue weighted by Gasteiger charge is 2.36. The fourth-order valence-corrected chi connectivity index (χ4v) is 9.33. The molecule has 2 aliphatic rings. The smallest absolute Gasteiger partial charge is 0.296 e. The number of aryl methyl sites for hydroxylation is 1. The highest BCUT2D eigenvalue weighted by molar-refractivity contribution is 7.86. The molecule has 0 aliphatic carbocycles. The van der Waals surface area contributed by atoms with Crippen molar-refractivity contribution >= 4 is 56.5 Å². The van der Waals surface area contributed by atoms with E-state index in [1.807, 2.05) is 49.4 Å². The van der Waals surface area contributed by atoms with Gasteiger partial charge in [-0.15, -0.1) is 0 Å². The molecule has 5 aromatic rings. The molecule has 2 heterocycles. The van der Waals surface area contributed by atoms with Gasteiger partial charge in [0.25, 0.3) is 10.1 Å². The molecule has 296 valence electrons. The van der Waals surface area contributed by atoms with Gasteiger partial charge in [-0.25, -0.2) is 0 Å². The highest BCUT2D eigenvalue weighted by Crippen LogP contribution is 2.38. The van der Waals surface area contributed by atoms with Gasteiger partial charge in [0, 0.05) is 57.0 Å². The third-order valence-electron chi connectivity index (χ3n) is 10.7. The van der Waals surface area contributed by atoms with Crippen LogP contribution in [0.25, 0.3) is 0 Å². The zero-order valence-corrected chi connectivity index (χ0v) is 35.6. The van der Waals surface area contributed by atoms with E-state index in [4.69, 9.17) is 50.6 Å². The van der Waals surface area contributed by atoms with Crippen LogP contribution in [0, 0.1) is 18.8 Å². The summed E-state index contributed by atoms with van der Waals surface area (Å²) in [5, 5.41) is 5.79. The summed E-state index contributed by atoms with van der Waals surface area (Å²) >= 11 is 24.7. The van der Waals surface area contributed by atoms with Crippen molar-refractivity contribution in [2.24, 2.45) is 11.8 Å². The number of hydrogen-bond acceptors (Lipinski definition) is 6. The summed E-state index contributed by atoms with van der Waals surface area (Å²) in [5.41, 5.74) is 5.92. The van der Waals surface area contributed by atoms with Crippen molar-refractivity contribution in [3.8, 4) is 0 Å². The fraction of sp³-hybridized carbons (Fsp3) is 0.333. The quantitative estimate of drug-likeness (QED) is 0.119. The van der Waals surface area contributed by atoms with Gasteiger partial charge in [-0.05, 0) is 84.6 Å². The van der Waals surface area contributed by atoms with Gasteiger partial charge in [-0.3, -0.25) is 14.0 Å². The molecule has 6 nitrogen and oxygen atoms in total. The van der Waals surface area contributed by atoms with Crippen molar-refractivity contribution in [2.45, 2.75) is 43.7 Å². The maximum absolute atomic E-state index is 12.7. The van der Waals surface area contributed by atoms with E-state index in [1.165, 1.54) is 16.7 Å². The second-order valence-electron chi connectivity index (χ2n) is 14.8. The van der Waals surface area contributed by atoms with Crippen molar-refractivity contribution in [3.05, 3.63) is 169 Å². The Morgan fingerprint density at radius 3 is 1.59 bits per heavy atom. The van der Waals surface area contributed by atoms with Crippen LogP contribution in [0.15, 0.2) is 126 Å². The Morgan fingerprint density at radius 2 is 1.11 bits per heavy atom. The van der Waals surface area contributed by atoms with Crippen molar-refractivity contribution in [1.29, 1.82) is 0 Å². The molecular weight excluding hydrogens is 804 g/mol. The molecule has 11 heteroatoms. The minimum absolute atomic E-state index is 0.00354. The van der Waals surface area contributed by atoms with Gasteiger partial charge in [0.15, 0.2) is 0 Å². The molecule has 0 bridgehead atoms. The molecule has 1 N–H and O–H groups in total. The van der Waals surface area contributed by atoms with E-state index < -0.39 is 10.1 Å². The molecule has 2 aliphatic heterocycles. The maximum Gasteiger partial charge on any atom is 0.296 e. The third kappa shape index (κ3) is 11.6. The predicted molar refractivity (Wildman–Crippen MR) is 232 cm³/mol. The van der Waals surface area contributed by atoms with Gasteiger partial charge in [-0.2, -0.15) is 8.42 Å². The Kier molecular flexibility index (Phi) is 15.3. The lowest BCUT2D eigenvalue weighted by Gasteiger charge is -2.19. The summed E-state index contributed by atoms with van der Waals surface area (Å²) in [5.74, 6) is 1.16. The Bertz CT molecular complexity index is 2120. The fourth-order valence-electron chi connectivity index (χ4n) is 7.76. The molecule has 2 fully saturated rings. The van der Waals surface area contributed by atoms with Crippen LogP contribution < -0.4 is 5.32 Å². The monoisotopic (exact) mass is 851 g/mol. The van der Waals surface area contributed by atoms with Crippen LogP contribution in [0.3, 0.4) is 0 Å². The second kappa shape index (κ2) is 20.1. The minimum atomic E-state index is -3.83. The number of nitrogens with zero attached hydrogens (tertiary/aromatic N) is 2. The summed E-state index contributed by atoms with van der Waals surface area (Å²) < 4.78 is 31.0. The number of likely N-dealkylation sites (tertiary alicyclic amines) is 2. The molecule has 0 spiro atoms. The number of hydrogen-bond donors (Lipinski definition) is 1. The first-order chi connectivity index (χ1) is 27.0. The first-order valence-electron chi connectivity index (χ1n) is 19.1. The summed E-state index contributed by atoms with van der Waals surface area (Å²) in [6.07, 6.45) is 0. The zero-order valence-electron chi connectivity index (χ0n) is 31.8. The first-order valence-corrected chi connectivity index (χ1v) is 22.0. The van der Waals surface area contributed by atoms with Crippen LogP contribution in [-0.4, -0.2) is 64.1 Å². The average molecular weight is 854 g/mol. The predicted octanol–water partition coefficient (Wildman–Crippen LogP) is 10.7. The summed E-state index contributed by atoms with van der Waals surface area (Å²) in [7, 11) is -3.83. The molecular formula is C45H49Cl4N3O3S. The molecule has 0 saturated carbocycles. The van der Waals surface area contributed by atoms with Gasteiger partial charge in [-0.1, -0.05) is 144 Å². The minimum Gasteiger partial charge on any atom is -0.317 e. The molecule has 2 saturated heterocycles. The van der Waals surface area contributed by atoms with Crippen molar-refractivity contribution < 1.29 is 12.6 Å². The van der Waals surface area contributed by atoms with Crippen molar-refractivity contribution in [3.63, 3.8) is 0 Å². The van der Waals surface area contributed by atoms with Crippen LogP contribution in [0.2, 0.25) is 20.1 Å². The lowest BCUT2D eigenvalue weighted by molar-refractivity contribution is 0.237. The first kappa shape index (κ1) is 42.7. The molecule has 56 heavy (non-hydrogen) atoms. The molecule has 0 amide bonds. The van der Waals surface area contributed by atoms with E-state index in [9.17, 15) is 8.42 Å². The molecule has 4 atom stereocenters. The maximum atomic E-state index is 12.7. The van der Waals surface area contributed by atoms with E-state index in [2.05, 4.69) is 70.6 Å². The second-order valence-corrected chi connectivity index (χ2v) is 18.0. The van der Waals surface area contributed by atoms with Gasteiger partial charge in [0.2, 0.25) is 0 Å². The van der Waals surface area contributed by atoms with Crippen molar-refractivity contribution in [2.75, 3.05) is 45.9 Å². The third-order valence-corrected chi connectivity index (χ3v) is 13.5. The topological polar surface area (TPSA) is 61.9 Å². The van der Waals surface area contributed by atoms with Crippen LogP contribution in [0.5, 0.6) is 0 Å². The SMILES string of the molecule is CCNC[C@H]1CN(Cc2ccccc2)C[C@@H]1c1ccc(Cl)c(Cl)c1.Cc1ccc(S(=O)(=O)OC[C@H]2CN(Cc3ccccc3)C[C@@H]2c2ccc(Cl)c(Cl)c2)cc1. The van der Waals surface area contributed by atoms with Crippen LogP contribution >= 0.6 is 46.4 Å². The molecule has 5 aromatic carbocycles. The standard InChI is InChI=1S/C25H25Cl2NO3S.C20H24Cl2N2/c1-18-7-10-22(11-8-18)32(29,30)31-17-21-15-28(14-19-5-3-2-4-6-19)16-23(21)20-9-12-24(26)25(27)13-20;1-2-23-11-17-13-24(12-15-6-4-3-5-7-15)14-18(17)16-8-9-19(21)20(22)10-16/h2-13,21,23H,14-17H2,1H3;3-10,17-18,23H,2,11-14H2,1H3/t21-,23-;17-,18+/m10/s1. The van der Waals surface area contributed by atoms with Gasteiger partial charge >= 0.3 is 0 Å². The van der Waals surface area contributed by atoms with Gasteiger partial charge in [0.05, 0.1) is 31.6 Å². The number of rotatable bonds is 13. The Morgan fingerprint density at radius 1 is 0.625 bits per heavy atom. The summed E-state index contributed by atoms with van der Waals surface area (Å²) in [6, 6.07) is 39.4. The van der Waals surface area contributed by atoms with Gasteiger partial charge in [0.1, 0.15) is 0 Å². The zero-order chi connectivity index (χ0) is 39.7. The number of halogens is 4. The highest BCUT2D eigenvalue weighted by atomic mass is 35.5. The number of benzene rings is 5. The van der Waals surface area contributed by atoms with E-state index in [-0.39, 0.29) is 23.3 Å². The lowest BCUT2D eigenvalue weighted by atomic mass is 9.89.